The molecule has 3 heteroatoms. The second kappa shape index (κ2) is 5.51. The van der Waals surface area contributed by atoms with Crippen molar-refractivity contribution < 1.29 is 0 Å². The van der Waals surface area contributed by atoms with Crippen LogP contribution in [0.4, 0.5) is 0 Å². The summed E-state index contributed by atoms with van der Waals surface area (Å²) in [5.74, 6) is 0. The number of rotatable bonds is 3. The van der Waals surface area contributed by atoms with Crippen LogP contribution in [0.15, 0.2) is 0 Å². The van der Waals surface area contributed by atoms with Gasteiger partial charge in [0.2, 0.25) is 0 Å². The van der Waals surface area contributed by atoms with Crippen molar-refractivity contribution in [1.29, 1.82) is 0 Å². The Balaban J connectivity index is 2.27. The SMILES string of the molecule is CCCC(N)C1CNCCC[N]1. The van der Waals surface area contributed by atoms with Gasteiger partial charge >= 0.3 is 0 Å². The van der Waals surface area contributed by atoms with E-state index in [1.807, 2.05) is 0 Å². The lowest BCUT2D eigenvalue weighted by molar-refractivity contribution is 0.411. The minimum atomic E-state index is 0.264. The molecule has 0 amide bonds. The van der Waals surface area contributed by atoms with Crippen LogP contribution in [0.5, 0.6) is 0 Å². The van der Waals surface area contributed by atoms with E-state index in [4.69, 9.17) is 5.73 Å². The van der Waals surface area contributed by atoms with Gasteiger partial charge in [0.15, 0.2) is 0 Å². The van der Waals surface area contributed by atoms with Crippen LogP contribution in [0.3, 0.4) is 0 Å². The fraction of sp³-hybridized carbons (Fsp3) is 1.00. The normalized spacial score (nSPS) is 28.0. The predicted octanol–water partition coefficient (Wildman–Crippen LogP) is 0.0801. The fourth-order valence-corrected chi connectivity index (χ4v) is 1.59. The Morgan fingerprint density at radius 3 is 3.25 bits per heavy atom. The molecule has 1 saturated heterocycles. The fourth-order valence-electron chi connectivity index (χ4n) is 1.59. The Morgan fingerprint density at radius 1 is 1.67 bits per heavy atom. The average molecular weight is 170 g/mol. The minimum absolute atomic E-state index is 0.264. The molecule has 1 heterocycles. The topological polar surface area (TPSA) is 52.1 Å². The van der Waals surface area contributed by atoms with Gasteiger partial charge < -0.3 is 11.1 Å². The first-order chi connectivity index (χ1) is 5.84. The monoisotopic (exact) mass is 170 g/mol. The number of nitrogens with zero attached hydrogens (tertiary/aromatic N) is 1. The smallest absolute Gasteiger partial charge is 0.0521 e. The molecule has 0 aromatic carbocycles. The van der Waals surface area contributed by atoms with Gasteiger partial charge in [-0.1, -0.05) is 13.3 Å². The van der Waals surface area contributed by atoms with Crippen LogP contribution in [0.2, 0.25) is 0 Å². The lowest BCUT2D eigenvalue weighted by atomic mass is 10.0. The molecule has 0 aromatic rings. The highest BCUT2D eigenvalue weighted by Crippen LogP contribution is 2.02. The Kier molecular flexibility index (Phi) is 4.58. The molecule has 0 spiro atoms. The number of nitrogens with two attached hydrogens (primary N) is 1. The molecule has 12 heavy (non-hydrogen) atoms. The molecule has 2 unspecified atom stereocenters. The van der Waals surface area contributed by atoms with E-state index in [2.05, 4.69) is 17.6 Å². The first kappa shape index (κ1) is 9.96. The van der Waals surface area contributed by atoms with Crippen molar-refractivity contribution in [2.75, 3.05) is 19.6 Å². The van der Waals surface area contributed by atoms with Gasteiger partial charge in [0.25, 0.3) is 0 Å². The highest BCUT2D eigenvalue weighted by Gasteiger charge is 2.18. The second-order valence-electron chi connectivity index (χ2n) is 3.48. The first-order valence-electron chi connectivity index (χ1n) is 4.97. The Labute approximate surface area is 75.1 Å². The molecule has 3 N–H and O–H groups in total. The predicted molar refractivity (Wildman–Crippen MR) is 51.2 cm³/mol. The Hall–Kier alpha value is -0.120. The zero-order chi connectivity index (χ0) is 8.81. The van der Waals surface area contributed by atoms with Crippen LogP contribution in [-0.2, 0) is 0 Å². The van der Waals surface area contributed by atoms with Crippen LogP contribution >= 0.6 is 0 Å². The molecule has 0 saturated carbocycles. The summed E-state index contributed by atoms with van der Waals surface area (Å²) < 4.78 is 0. The maximum atomic E-state index is 5.99. The third-order valence-electron chi connectivity index (χ3n) is 2.34. The van der Waals surface area contributed by atoms with Gasteiger partial charge in [0.1, 0.15) is 0 Å². The van der Waals surface area contributed by atoms with E-state index in [1.54, 1.807) is 0 Å². The summed E-state index contributed by atoms with van der Waals surface area (Å²) >= 11 is 0. The maximum Gasteiger partial charge on any atom is 0.0521 e. The van der Waals surface area contributed by atoms with Gasteiger partial charge in [0.05, 0.1) is 6.04 Å². The van der Waals surface area contributed by atoms with E-state index in [1.165, 1.54) is 0 Å². The largest absolute Gasteiger partial charge is 0.326 e. The van der Waals surface area contributed by atoms with Crippen molar-refractivity contribution in [2.24, 2.45) is 5.73 Å². The number of nitrogens with one attached hydrogen (secondary N) is 1. The zero-order valence-corrected chi connectivity index (χ0v) is 7.92. The average Bonchev–Trinajstić information content (AvgIpc) is 2.32. The third kappa shape index (κ3) is 3.09. The lowest BCUT2D eigenvalue weighted by Gasteiger charge is -2.21. The highest BCUT2D eigenvalue weighted by molar-refractivity contribution is 4.82. The molecular weight excluding hydrogens is 150 g/mol. The molecular formula is C9H20N3. The van der Waals surface area contributed by atoms with E-state index < -0.39 is 0 Å². The molecule has 0 aromatic heterocycles. The molecule has 1 fully saturated rings. The summed E-state index contributed by atoms with van der Waals surface area (Å²) in [4.78, 5) is 0. The van der Waals surface area contributed by atoms with Crippen LogP contribution in [0, 0.1) is 0 Å². The van der Waals surface area contributed by atoms with E-state index in [0.717, 1.165) is 38.9 Å². The molecule has 1 aliphatic rings. The van der Waals surface area contributed by atoms with Crippen LogP contribution < -0.4 is 16.4 Å². The summed E-state index contributed by atoms with van der Waals surface area (Å²) in [6, 6.07) is 0.619. The zero-order valence-electron chi connectivity index (χ0n) is 7.92. The summed E-state index contributed by atoms with van der Waals surface area (Å²) in [6.07, 6.45) is 3.42. The standard InChI is InChI=1S/C9H20N3/c1-2-4-8(10)9-7-11-5-3-6-12-9/h8-9,11H,2-7,10H2,1H3. The molecule has 1 aliphatic heterocycles. The third-order valence-corrected chi connectivity index (χ3v) is 2.34. The van der Waals surface area contributed by atoms with E-state index >= 15 is 0 Å². The minimum Gasteiger partial charge on any atom is -0.326 e. The van der Waals surface area contributed by atoms with Crippen molar-refractivity contribution in [3.63, 3.8) is 0 Å². The summed E-state index contributed by atoms with van der Waals surface area (Å²) in [5, 5.41) is 7.92. The lowest BCUT2D eigenvalue weighted by Crippen LogP contribution is -2.45. The molecule has 1 rings (SSSR count). The Bertz CT molecular complexity index is 108. The van der Waals surface area contributed by atoms with Crippen LogP contribution in [0.25, 0.3) is 0 Å². The molecule has 0 aliphatic carbocycles. The van der Waals surface area contributed by atoms with Gasteiger partial charge in [-0.3, -0.25) is 0 Å². The highest BCUT2D eigenvalue weighted by atomic mass is 15.0. The first-order valence-corrected chi connectivity index (χ1v) is 4.97. The van der Waals surface area contributed by atoms with Gasteiger partial charge in [0, 0.05) is 19.1 Å². The van der Waals surface area contributed by atoms with Crippen LogP contribution in [-0.4, -0.2) is 31.7 Å². The quantitative estimate of drug-likeness (QED) is 0.630. The molecule has 2 atom stereocenters. The molecule has 3 nitrogen and oxygen atoms in total. The number of hydrogen-bond acceptors (Lipinski definition) is 2. The van der Waals surface area contributed by atoms with Crippen molar-refractivity contribution in [3.8, 4) is 0 Å². The van der Waals surface area contributed by atoms with Gasteiger partial charge in [-0.05, 0) is 19.4 Å². The van der Waals surface area contributed by atoms with Crippen molar-refractivity contribution >= 4 is 0 Å². The molecule has 0 bridgehead atoms. The summed E-state index contributed by atoms with van der Waals surface area (Å²) in [6.45, 7) is 5.22. The summed E-state index contributed by atoms with van der Waals surface area (Å²) in [5.41, 5.74) is 5.99. The van der Waals surface area contributed by atoms with Gasteiger partial charge in [-0.15, -0.1) is 0 Å². The van der Waals surface area contributed by atoms with E-state index in [9.17, 15) is 0 Å². The van der Waals surface area contributed by atoms with E-state index in [-0.39, 0.29) is 6.04 Å². The van der Waals surface area contributed by atoms with E-state index in [0.29, 0.717) is 6.04 Å². The van der Waals surface area contributed by atoms with Crippen molar-refractivity contribution in [1.82, 2.24) is 10.6 Å². The molecule has 71 valence electrons. The Morgan fingerprint density at radius 2 is 2.50 bits per heavy atom. The van der Waals surface area contributed by atoms with Crippen molar-refractivity contribution in [2.45, 2.75) is 38.3 Å². The second-order valence-corrected chi connectivity index (χ2v) is 3.48. The van der Waals surface area contributed by atoms with Gasteiger partial charge in [-0.25, -0.2) is 5.32 Å². The molecule has 1 radical (unpaired) electrons. The summed E-state index contributed by atoms with van der Waals surface area (Å²) in [7, 11) is 0. The van der Waals surface area contributed by atoms with Gasteiger partial charge in [-0.2, -0.15) is 0 Å². The maximum absolute atomic E-state index is 5.99. The van der Waals surface area contributed by atoms with Crippen molar-refractivity contribution in [3.05, 3.63) is 0 Å². The van der Waals surface area contributed by atoms with Crippen LogP contribution in [0.1, 0.15) is 26.2 Å². The number of hydrogen-bond donors (Lipinski definition) is 2.